The van der Waals surface area contributed by atoms with Gasteiger partial charge in [0.15, 0.2) is 6.61 Å². The first-order chi connectivity index (χ1) is 8.38. The van der Waals surface area contributed by atoms with Crippen molar-refractivity contribution in [3.63, 3.8) is 0 Å². The molecule has 0 unspecified atom stereocenters. The average Bonchev–Trinajstić information content (AvgIpc) is 2.24. The summed E-state index contributed by atoms with van der Waals surface area (Å²) in [5, 5.41) is 0. The topological polar surface area (TPSA) is 35.5 Å². The van der Waals surface area contributed by atoms with Gasteiger partial charge in [-0.05, 0) is 49.9 Å². The van der Waals surface area contributed by atoms with Crippen molar-refractivity contribution in [2.75, 3.05) is 6.61 Å². The third-order valence-electron chi connectivity index (χ3n) is 2.46. The van der Waals surface area contributed by atoms with Gasteiger partial charge >= 0.3 is 5.97 Å². The Hall–Kier alpha value is -1.51. The van der Waals surface area contributed by atoms with E-state index in [1.54, 1.807) is 0 Å². The molecule has 0 saturated heterocycles. The molecule has 0 aliphatic rings. The minimum Gasteiger partial charge on any atom is -0.482 e. The van der Waals surface area contributed by atoms with Crippen molar-refractivity contribution in [3.05, 3.63) is 29.3 Å². The van der Waals surface area contributed by atoms with E-state index in [0.29, 0.717) is 5.92 Å². The van der Waals surface area contributed by atoms with Gasteiger partial charge in [0.25, 0.3) is 0 Å². The molecular formula is C15H22O3. The predicted molar refractivity (Wildman–Crippen MR) is 72.0 cm³/mol. The van der Waals surface area contributed by atoms with Gasteiger partial charge in [-0.25, -0.2) is 4.79 Å². The van der Waals surface area contributed by atoms with Gasteiger partial charge in [0.05, 0.1) is 6.10 Å². The first kappa shape index (κ1) is 14.6. The molecule has 0 amide bonds. The molecule has 3 heteroatoms. The Kier molecular flexibility index (Phi) is 5.20. The highest BCUT2D eigenvalue weighted by Gasteiger charge is 2.08. The van der Waals surface area contributed by atoms with Crippen LogP contribution in [0.2, 0.25) is 0 Å². The Balaban J connectivity index is 2.64. The Morgan fingerprint density at radius 3 is 2.39 bits per heavy atom. The third kappa shape index (κ3) is 4.78. The Morgan fingerprint density at radius 2 is 1.83 bits per heavy atom. The van der Waals surface area contributed by atoms with Crippen molar-refractivity contribution in [2.24, 2.45) is 0 Å². The number of carbonyl (C=O) groups is 1. The minimum absolute atomic E-state index is 0.0425. The predicted octanol–water partition coefficient (Wildman–Crippen LogP) is 3.45. The zero-order valence-corrected chi connectivity index (χ0v) is 11.8. The number of benzene rings is 1. The molecule has 0 radical (unpaired) electrons. The number of rotatable bonds is 5. The van der Waals surface area contributed by atoms with Crippen molar-refractivity contribution < 1.29 is 14.3 Å². The molecule has 0 aliphatic heterocycles. The molecule has 3 nitrogen and oxygen atoms in total. The molecule has 1 rings (SSSR count). The maximum absolute atomic E-state index is 11.4. The van der Waals surface area contributed by atoms with Gasteiger partial charge in [-0.2, -0.15) is 0 Å². The van der Waals surface area contributed by atoms with E-state index in [-0.39, 0.29) is 18.7 Å². The molecule has 0 N–H and O–H groups in total. The van der Waals surface area contributed by atoms with Gasteiger partial charge in [0.2, 0.25) is 0 Å². The molecule has 100 valence electrons. The quantitative estimate of drug-likeness (QED) is 0.751. The van der Waals surface area contributed by atoms with Crippen molar-refractivity contribution in [3.8, 4) is 5.75 Å². The van der Waals surface area contributed by atoms with Crippen LogP contribution in [0.4, 0.5) is 0 Å². The van der Waals surface area contributed by atoms with Gasteiger partial charge in [-0.3, -0.25) is 0 Å². The molecule has 0 bridgehead atoms. The van der Waals surface area contributed by atoms with E-state index in [0.717, 1.165) is 11.3 Å². The van der Waals surface area contributed by atoms with Crippen molar-refractivity contribution in [1.82, 2.24) is 0 Å². The lowest BCUT2D eigenvalue weighted by Gasteiger charge is -2.12. The molecule has 0 saturated carbocycles. The largest absolute Gasteiger partial charge is 0.482 e. The van der Waals surface area contributed by atoms with Gasteiger partial charge in [0, 0.05) is 0 Å². The second-order valence-electron chi connectivity index (χ2n) is 5.06. The molecule has 18 heavy (non-hydrogen) atoms. The fourth-order valence-electron chi connectivity index (χ4n) is 1.63. The zero-order chi connectivity index (χ0) is 13.7. The summed E-state index contributed by atoms with van der Waals surface area (Å²) in [5.41, 5.74) is 2.34. The van der Waals surface area contributed by atoms with Crippen LogP contribution in [0.3, 0.4) is 0 Å². The molecule has 0 aliphatic carbocycles. The lowest BCUT2D eigenvalue weighted by Crippen LogP contribution is -2.18. The molecule has 0 atom stereocenters. The first-order valence-electron chi connectivity index (χ1n) is 6.32. The number of hydrogen-bond acceptors (Lipinski definition) is 3. The van der Waals surface area contributed by atoms with Gasteiger partial charge in [-0.1, -0.05) is 19.9 Å². The molecule has 1 aromatic rings. The molecule has 0 aromatic heterocycles. The van der Waals surface area contributed by atoms with E-state index in [4.69, 9.17) is 9.47 Å². The van der Waals surface area contributed by atoms with Crippen molar-refractivity contribution >= 4 is 5.97 Å². The van der Waals surface area contributed by atoms with Crippen molar-refractivity contribution in [2.45, 2.75) is 46.6 Å². The Morgan fingerprint density at radius 1 is 1.17 bits per heavy atom. The summed E-state index contributed by atoms with van der Waals surface area (Å²) < 4.78 is 10.5. The maximum atomic E-state index is 11.4. The summed E-state index contributed by atoms with van der Waals surface area (Å²) in [5.74, 6) is 0.826. The van der Waals surface area contributed by atoms with Gasteiger partial charge in [-0.15, -0.1) is 0 Å². The summed E-state index contributed by atoms with van der Waals surface area (Å²) in [6.07, 6.45) is -0.107. The minimum atomic E-state index is -0.336. The lowest BCUT2D eigenvalue weighted by molar-refractivity contribution is -0.149. The lowest BCUT2D eigenvalue weighted by atomic mass is 10.0. The second kappa shape index (κ2) is 6.43. The van der Waals surface area contributed by atoms with Crippen LogP contribution in [-0.2, 0) is 9.53 Å². The number of carbonyl (C=O) groups excluding carboxylic acids is 1. The van der Waals surface area contributed by atoms with E-state index >= 15 is 0 Å². The number of hydrogen-bond donors (Lipinski definition) is 0. The second-order valence-corrected chi connectivity index (χ2v) is 5.06. The maximum Gasteiger partial charge on any atom is 0.344 e. The molecule has 0 heterocycles. The number of aryl methyl sites for hydroxylation is 1. The Bertz CT molecular complexity index is 408. The van der Waals surface area contributed by atoms with Crippen LogP contribution in [0.5, 0.6) is 5.75 Å². The van der Waals surface area contributed by atoms with E-state index < -0.39 is 0 Å². The SMILES string of the molecule is Cc1cc(OCC(=O)OC(C)C)cc(C(C)C)c1. The number of esters is 1. The van der Waals surface area contributed by atoms with E-state index in [2.05, 4.69) is 19.9 Å². The Labute approximate surface area is 109 Å². The third-order valence-corrected chi connectivity index (χ3v) is 2.46. The number of ether oxygens (including phenoxy) is 2. The van der Waals surface area contributed by atoms with Gasteiger partial charge in [0.1, 0.15) is 5.75 Å². The standard InChI is InChI=1S/C15H22O3/c1-10(2)13-6-12(5)7-14(8-13)17-9-15(16)18-11(3)4/h6-8,10-11H,9H2,1-5H3. The fourth-order valence-corrected chi connectivity index (χ4v) is 1.63. The summed E-state index contributed by atoms with van der Waals surface area (Å²) in [4.78, 5) is 11.4. The summed E-state index contributed by atoms with van der Waals surface area (Å²) in [6, 6.07) is 6.03. The summed E-state index contributed by atoms with van der Waals surface area (Å²) in [7, 11) is 0. The van der Waals surface area contributed by atoms with E-state index in [1.807, 2.05) is 32.9 Å². The van der Waals surface area contributed by atoms with Crippen LogP contribution in [0.15, 0.2) is 18.2 Å². The van der Waals surface area contributed by atoms with Crippen LogP contribution in [0, 0.1) is 6.92 Å². The fraction of sp³-hybridized carbons (Fsp3) is 0.533. The van der Waals surface area contributed by atoms with Gasteiger partial charge < -0.3 is 9.47 Å². The highest BCUT2D eigenvalue weighted by atomic mass is 16.6. The highest BCUT2D eigenvalue weighted by molar-refractivity contribution is 5.71. The molecular weight excluding hydrogens is 228 g/mol. The van der Waals surface area contributed by atoms with Crippen molar-refractivity contribution in [1.29, 1.82) is 0 Å². The molecule has 1 aromatic carbocycles. The highest BCUT2D eigenvalue weighted by Crippen LogP contribution is 2.22. The van der Waals surface area contributed by atoms with Crippen LogP contribution < -0.4 is 4.74 Å². The smallest absolute Gasteiger partial charge is 0.344 e. The van der Waals surface area contributed by atoms with E-state index in [1.165, 1.54) is 5.56 Å². The van der Waals surface area contributed by atoms with Crippen LogP contribution in [0.1, 0.15) is 44.7 Å². The monoisotopic (exact) mass is 250 g/mol. The van der Waals surface area contributed by atoms with Crippen LogP contribution in [-0.4, -0.2) is 18.7 Å². The molecule has 0 fully saturated rings. The zero-order valence-electron chi connectivity index (χ0n) is 11.8. The average molecular weight is 250 g/mol. The summed E-state index contributed by atoms with van der Waals surface area (Å²) in [6.45, 7) is 9.88. The first-order valence-corrected chi connectivity index (χ1v) is 6.32. The normalized spacial score (nSPS) is 10.8. The van der Waals surface area contributed by atoms with E-state index in [9.17, 15) is 4.79 Å². The van der Waals surface area contributed by atoms with Crippen LogP contribution >= 0.6 is 0 Å². The van der Waals surface area contributed by atoms with Crippen LogP contribution in [0.25, 0.3) is 0 Å². The summed E-state index contributed by atoms with van der Waals surface area (Å²) >= 11 is 0. The molecule has 0 spiro atoms.